The van der Waals surface area contributed by atoms with E-state index in [1.807, 2.05) is 23.1 Å². The molecule has 30 heavy (non-hydrogen) atoms. The molecule has 0 spiro atoms. The van der Waals surface area contributed by atoms with Gasteiger partial charge in [-0.15, -0.1) is 0 Å². The summed E-state index contributed by atoms with van der Waals surface area (Å²) in [6.07, 6.45) is 9.26. The zero-order valence-corrected chi connectivity index (χ0v) is 18.3. The van der Waals surface area contributed by atoms with E-state index in [9.17, 15) is 9.59 Å². The first-order chi connectivity index (χ1) is 14.7. The second-order valence-corrected chi connectivity index (χ2v) is 8.35. The number of rotatable bonds is 11. The van der Waals surface area contributed by atoms with Gasteiger partial charge in [-0.1, -0.05) is 13.3 Å². The van der Waals surface area contributed by atoms with Crippen LogP contribution in [0.3, 0.4) is 0 Å². The molecule has 1 atom stereocenters. The van der Waals surface area contributed by atoms with Gasteiger partial charge >= 0.3 is 0 Å². The summed E-state index contributed by atoms with van der Waals surface area (Å²) in [5.74, 6) is 1.14. The summed E-state index contributed by atoms with van der Waals surface area (Å²) >= 11 is 0. The number of ether oxygens (including phenoxy) is 2. The molecule has 2 heterocycles. The summed E-state index contributed by atoms with van der Waals surface area (Å²) < 4.78 is 11.7. The third-order valence-corrected chi connectivity index (χ3v) is 5.86. The van der Waals surface area contributed by atoms with E-state index in [2.05, 4.69) is 12.2 Å². The highest BCUT2D eigenvalue weighted by Gasteiger charge is 2.21. The molecule has 1 aromatic rings. The minimum Gasteiger partial charge on any atom is -0.494 e. The summed E-state index contributed by atoms with van der Waals surface area (Å²) in [5, 5.41) is 2.88. The number of carbonyl (C=O) groups excluding carboxylic acids is 2. The van der Waals surface area contributed by atoms with E-state index in [-0.39, 0.29) is 17.9 Å². The number of amides is 2. The number of nitrogens with one attached hydrogen (secondary N) is 1. The molecule has 0 aliphatic carbocycles. The van der Waals surface area contributed by atoms with Crippen molar-refractivity contribution in [3.8, 4) is 5.75 Å². The van der Waals surface area contributed by atoms with Gasteiger partial charge in [-0.3, -0.25) is 9.59 Å². The SMILES string of the molecule is CCCCN(CC1CCCCO1)C(=O)CCCCOc1ccc2c(c1)CCC(=O)N2. The lowest BCUT2D eigenvalue weighted by atomic mass is 10.0. The third kappa shape index (κ3) is 7.01. The highest BCUT2D eigenvalue weighted by molar-refractivity contribution is 5.94. The molecule has 2 aliphatic rings. The van der Waals surface area contributed by atoms with Crippen LogP contribution in [-0.2, 0) is 20.7 Å². The van der Waals surface area contributed by atoms with Crippen LogP contribution in [0, 0.1) is 0 Å². The minimum atomic E-state index is 0.0730. The Kier molecular flexibility index (Phi) is 9.00. The fourth-order valence-electron chi connectivity index (χ4n) is 4.04. The molecule has 6 nitrogen and oxygen atoms in total. The lowest BCUT2D eigenvalue weighted by molar-refractivity contribution is -0.134. The van der Waals surface area contributed by atoms with E-state index in [0.717, 1.165) is 81.6 Å². The third-order valence-electron chi connectivity index (χ3n) is 5.86. The normalized spacial score (nSPS) is 18.4. The van der Waals surface area contributed by atoms with E-state index in [4.69, 9.17) is 9.47 Å². The second kappa shape index (κ2) is 11.9. The van der Waals surface area contributed by atoms with E-state index < -0.39 is 0 Å². The first kappa shape index (κ1) is 22.6. The van der Waals surface area contributed by atoms with Gasteiger partial charge in [0.25, 0.3) is 0 Å². The Morgan fingerprint density at radius 2 is 2.13 bits per heavy atom. The smallest absolute Gasteiger partial charge is 0.224 e. The van der Waals surface area contributed by atoms with Crippen LogP contribution in [0.15, 0.2) is 18.2 Å². The minimum absolute atomic E-state index is 0.0730. The van der Waals surface area contributed by atoms with Crippen LogP contribution in [0.1, 0.15) is 70.3 Å². The van der Waals surface area contributed by atoms with Crippen molar-refractivity contribution in [2.24, 2.45) is 0 Å². The Morgan fingerprint density at radius 3 is 2.93 bits per heavy atom. The molecule has 0 saturated carbocycles. The number of anilines is 1. The molecule has 3 rings (SSSR count). The molecular formula is C24H36N2O4. The topological polar surface area (TPSA) is 67.9 Å². The summed E-state index contributed by atoms with van der Waals surface area (Å²) in [5.41, 5.74) is 2.01. The van der Waals surface area contributed by atoms with Gasteiger partial charge in [-0.2, -0.15) is 0 Å². The summed E-state index contributed by atoms with van der Waals surface area (Å²) in [6.45, 7) is 5.15. The molecule has 1 fully saturated rings. The van der Waals surface area contributed by atoms with Gasteiger partial charge in [-0.05, 0) is 68.7 Å². The number of benzene rings is 1. The molecule has 1 unspecified atom stereocenters. The molecule has 166 valence electrons. The highest BCUT2D eigenvalue weighted by Crippen LogP contribution is 2.27. The average Bonchev–Trinajstić information content (AvgIpc) is 2.77. The Labute approximate surface area is 180 Å². The number of nitrogens with zero attached hydrogens (tertiary/aromatic N) is 1. The number of fused-ring (bicyclic) bond motifs is 1. The van der Waals surface area contributed by atoms with Crippen molar-refractivity contribution in [3.05, 3.63) is 23.8 Å². The van der Waals surface area contributed by atoms with Crippen molar-refractivity contribution in [2.75, 3.05) is 31.6 Å². The zero-order valence-electron chi connectivity index (χ0n) is 18.3. The lowest BCUT2D eigenvalue weighted by Crippen LogP contribution is -2.40. The fraction of sp³-hybridized carbons (Fsp3) is 0.667. The fourth-order valence-corrected chi connectivity index (χ4v) is 4.04. The number of carbonyl (C=O) groups is 2. The maximum Gasteiger partial charge on any atom is 0.224 e. The number of unbranched alkanes of at least 4 members (excludes halogenated alkanes) is 2. The van der Waals surface area contributed by atoms with Gasteiger partial charge in [0.15, 0.2) is 0 Å². The van der Waals surface area contributed by atoms with Crippen molar-refractivity contribution in [3.63, 3.8) is 0 Å². The predicted molar refractivity (Wildman–Crippen MR) is 118 cm³/mol. The van der Waals surface area contributed by atoms with Gasteiger partial charge in [0.05, 0.1) is 12.7 Å². The van der Waals surface area contributed by atoms with Gasteiger partial charge in [0.1, 0.15) is 5.75 Å². The van der Waals surface area contributed by atoms with Crippen LogP contribution in [-0.4, -0.2) is 49.1 Å². The van der Waals surface area contributed by atoms with Crippen molar-refractivity contribution < 1.29 is 19.1 Å². The highest BCUT2D eigenvalue weighted by atomic mass is 16.5. The van der Waals surface area contributed by atoms with E-state index in [1.165, 1.54) is 6.42 Å². The predicted octanol–water partition coefficient (Wildman–Crippen LogP) is 4.32. The second-order valence-electron chi connectivity index (χ2n) is 8.35. The van der Waals surface area contributed by atoms with Crippen LogP contribution in [0.25, 0.3) is 0 Å². The standard InChI is InChI=1S/C24H36N2O4/c1-2-3-14-26(18-21-8-4-6-16-30-21)24(28)9-5-7-15-29-20-11-12-22-19(17-20)10-13-23(27)25-22/h11-12,17,21H,2-10,13-16,18H2,1H3,(H,25,27). The number of aryl methyl sites for hydroxylation is 1. The summed E-state index contributed by atoms with van der Waals surface area (Å²) in [4.78, 5) is 26.2. The zero-order chi connectivity index (χ0) is 21.2. The van der Waals surface area contributed by atoms with Gasteiger partial charge in [0, 0.05) is 38.2 Å². The molecule has 1 aromatic carbocycles. The van der Waals surface area contributed by atoms with Gasteiger partial charge < -0.3 is 19.7 Å². The molecular weight excluding hydrogens is 380 g/mol. The van der Waals surface area contributed by atoms with Crippen LogP contribution in [0.2, 0.25) is 0 Å². The average molecular weight is 417 g/mol. The van der Waals surface area contributed by atoms with Gasteiger partial charge in [-0.25, -0.2) is 0 Å². The van der Waals surface area contributed by atoms with Crippen molar-refractivity contribution >= 4 is 17.5 Å². The monoisotopic (exact) mass is 416 g/mol. The number of hydrogen-bond donors (Lipinski definition) is 1. The maximum absolute atomic E-state index is 12.7. The molecule has 0 radical (unpaired) electrons. The molecule has 0 bridgehead atoms. The largest absolute Gasteiger partial charge is 0.494 e. The molecule has 0 aromatic heterocycles. The van der Waals surface area contributed by atoms with Crippen LogP contribution >= 0.6 is 0 Å². The molecule has 2 amide bonds. The molecule has 1 saturated heterocycles. The Bertz CT molecular complexity index is 700. The summed E-state index contributed by atoms with van der Waals surface area (Å²) in [6, 6.07) is 5.81. The van der Waals surface area contributed by atoms with Crippen LogP contribution < -0.4 is 10.1 Å². The van der Waals surface area contributed by atoms with Crippen molar-refractivity contribution in [1.29, 1.82) is 0 Å². The quantitative estimate of drug-likeness (QED) is 0.546. The first-order valence-electron chi connectivity index (χ1n) is 11.6. The maximum atomic E-state index is 12.7. The van der Waals surface area contributed by atoms with Gasteiger partial charge in [0.2, 0.25) is 11.8 Å². The van der Waals surface area contributed by atoms with Crippen LogP contribution in [0.5, 0.6) is 5.75 Å². The number of hydrogen-bond acceptors (Lipinski definition) is 4. The van der Waals surface area contributed by atoms with Crippen molar-refractivity contribution in [2.45, 2.75) is 77.2 Å². The molecule has 6 heteroatoms. The molecule has 1 N–H and O–H groups in total. The van der Waals surface area contributed by atoms with Crippen LogP contribution in [0.4, 0.5) is 5.69 Å². The summed E-state index contributed by atoms with van der Waals surface area (Å²) in [7, 11) is 0. The Balaban J connectivity index is 1.37. The van der Waals surface area contributed by atoms with Crippen molar-refractivity contribution in [1.82, 2.24) is 4.90 Å². The van der Waals surface area contributed by atoms with E-state index in [1.54, 1.807) is 0 Å². The Hall–Kier alpha value is -2.08. The van der Waals surface area contributed by atoms with E-state index in [0.29, 0.717) is 19.4 Å². The lowest BCUT2D eigenvalue weighted by Gasteiger charge is -2.30. The Morgan fingerprint density at radius 1 is 1.23 bits per heavy atom. The molecule has 2 aliphatic heterocycles. The first-order valence-corrected chi connectivity index (χ1v) is 11.6. The van der Waals surface area contributed by atoms with E-state index >= 15 is 0 Å².